The molecule has 0 saturated carbocycles. The van der Waals surface area contributed by atoms with Crippen LogP contribution in [-0.2, 0) is 6.61 Å². The fourth-order valence-electron chi connectivity index (χ4n) is 1.74. The van der Waals surface area contributed by atoms with Gasteiger partial charge < -0.3 is 9.84 Å². The van der Waals surface area contributed by atoms with Crippen molar-refractivity contribution in [2.24, 2.45) is 0 Å². The lowest BCUT2D eigenvalue weighted by Gasteiger charge is -2.11. The Hall–Kier alpha value is -1.81. The Balaban J connectivity index is 2.29. The van der Waals surface area contributed by atoms with E-state index in [1.165, 1.54) is 0 Å². The van der Waals surface area contributed by atoms with Crippen molar-refractivity contribution in [3.63, 3.8) is 0 Å². The van der Waals surface area contributed by atoms with Crippen LogP contribution in [0.2, 0.25) is 0 Å². The molecule has 0 bridgehead atoms. The van der Waals surface area contributed by atoms with Crippen LogP contribution < -0.4 is 4.74 Å². The highest BCUT2D eigenvalue weighted by Gasteiger charge is 2.06. The lowest BCUT2D eigenvalue weighted by Crippen LogP contribution is -2.02. The third kappa shape index (κ3) is 2.71. The van der Waals surface area contributed by atoms with Crippen LogP contribution in [0.5, 0.6) is 5.75 Å². The van der Waals surface area contributed by atoms with Gasteiger partial charge in [0.05, 0.1) is 24.6 Å². The number of aliphatic hydroxyl groups excluding tert-OH is 1. The summed E-state index contributed by atoms with van der Waals surface area (Å²) in [6, 6.07) is 7.67. The average molecular weight is 246 g/mol. The fraction of sp³-hybridized carbons (Fsp3) is 0.357. The molecule has 2 aromatic rings. The van der Waals surface area contributed by atoms with Crippen molar-refractivity contribution in [1.82, 2.24) is 9.78 Å². The second-order valence-corrected chi connectivity index (χ2v) is 4.20. The second-order valence-electron chi connectivity index (χ2n) is 4.20. The van der Waals surface area contributed by atoms with E-state index < -0.39 is 0 Å². The van der Waals surface area contributed by atoms with Crippen molar-refractivity contribution >= 4 is 0 Å². The van der Waals surface area contributed by atoms with Crippen LogP contribution in [0.15, 0.2) is 30.5 Å². The van der Waals surface area contributed by atoms with Crippen LogP contribution in [0, 0.1) is 6.92 Å². The lowest BCUT2D eigenvalue weighted by molar-refractivity contribution is 0.263. The zero-order chi connectivity index (χ0) is 13.0. The Bertz CT molecular complexity index is 520. The molecule has 0 aliphatic carbocycles. The van der Waals surface area contributed by atoms with E-state index >= 15 is 0 Å². The number of rotatable bonds is 5. The first-order valence-electron chi connectivity index (χ1n) is 6.14. The quantitative estimate of drug-likeness (QED) is 0.881. The summed E-state index contributed by atoms with van der Waals surface area (Å²) in [6.07, 6.45) is 2.85. The topological polar surface area (TPSA) is 47.3 Å². The predicted octanol–water partition coefficient (Wildman–Crippen LogP) is 2.46. The van der Waals surface area contributed by atoms with Crippen LogP contribution in [0.4, 0.5) is 0 Å². The summed E-state index contributed by atoms with van der Waals surface area (Å²) in [7, 11) is 0. The smallest absolute Gasteiger partial charge is 0.124 e. The van der Waals surface area contributed by atoms with Gasteiger partial charge in [-0.3, -0.25) is 0 Å². The van der Waals surface area contributed by atoms with Gasteiger partial charge in [0.25, 0.3) is 0 Å². The van der Waals surface area contributed by atoms with Gasteiger partial charge in [-0.25, -0.2) is 4.68 Å². The minimum absolute atomic E-state index is 0.0346. The Morgan fingerprint density at radius 3 is 2.78 bits per heavy atom. The summed E-state index contributed by atoms with van der Waals surface area (Å²) in [5.74, 6) is 0.743. The van der Waals surface area contributed by atoms with Gasteiger partial charge in [0.2, 0.25) is 0 Å². The third-order valence-electron chi connectivity index (χ3n) is 2.66. The highest BCUT2D eigenvalue weighted by atomic mass is 16.5. The maximum atomic E-state index is 9.38. The van der Waals surface area contributed by atoms with Gasteiger partial charge in [0.1, 0.15) is 5.75 Å². The number of nitrogens with zero attached hydrogens (tertiary/aromatic N) is 2. The molecule has 0 atom stereocenters. The number of benzene rings is 1. The first-order chi connectivity index (χ1) is 8.74. The van der Waals surface area contributed by atoms with E-state index in [4.69, 9.17) is 4.74 Å². The fourth-order valence-corrected chi connectivity index (χ4v) is 1.74. The molecule has 2 rings (SSSR count). The molecule has 0 unspecified atom stereocenters. The number of hydrogen-bond donors (Lipinski definition) is 1. The molecule has 0 spiro atoms. The van der Waals surface area contributed by atoms with E-state index in [9.17, 15) is 5.11 Å². The van der Waals surface area contributed by atoms with Crippen LogP contribution in [0.3, 0.4) is 0 Å². The number of aryl methyl sites for hydroxylation is 1. The molecule has 1 aromatic heterocycles. The van der Waals surface area contributed by atoms with Gasteiger partial charge in [-0.1, -0.05) is 6.92 Å². The van der Waals surface area contributed by atoms with Gasteiger partial charge in [0, 0.05) is 11.8 Å². The Morgan fingerprint density at radius 2 is 2.17 bits per heavy atom. The van der Waals surface area contributed by atoms with Crippen LogP contribution in [0.1, 0.15) is 24.6 Å². The largest absolute Gasteiger partial charge is 0.493 e. The van der Waals surface area contributed by atoms with E-state index in [1.807, 2.05) is 37.4 Å². The predicted molar refractivity (Wildman–Crippen MR) is 70.0 cm³/mol. The minimum atomic E-state index is -0.0346. The molecule has 0 aliphatic rings. The van der Waals surface area contributed by atoms with E-state index in [1.54, 1.807) is 4.68 Å². The van der Waals surface area contributed by atoms with Crippen LogP contribution in [0.25, 0.3) is 5.69 Å². The Kier molecular flexibility index (Phi) is 3.99. The molecular formula is C14H18N2O2. The molecule has 0 amide bonds. The van der Waals surface area contributed by atoms with Crippen molar-refractivity contribution in [1.29, 1.82) is 0 Å². The van der Waals surface area contributed by atoms with E-state index in [2.05, 4.69) is 12.0 Å². The van der Waals surface area contributed by atoms with Gasteiger partial charge in [-0.05, 0) is 37.6 Å². The number of aromatic nitrogens is 2. The molecule has 4 nitrogen and oxygen atoms in total. The van der Waals surface area contributed by atoms with Crippen molar-refractivity contribution in [3.8, 4) is 11.4 Å². The standard InChI is InChI=1S/C14H18N2O2/c1-3-8-18-14-5-4-13(9-12(14)10-17)16-7-6-11(2)15-16/h4-7,9,17H,3,8,10H2,1-2H3. The first-order valence-corrected chi connectivity index (χ1v) is 6.14. The molecule has 0 aliphatic heterocycles. The molecular weight excluding hydrogens is 228 g/mol. The highest BCUT2D eigenvalue weighted by molar-refractivity contribution is 5.43. The van der Waals surface area contributed by atoms with Crippen molar-refractivity contribution in [3.05, 3.63) is 41.7 Å². The maximum absolute atomic E-state index is 9.38. The van der Waals surface area contributed by atoms with Gasteiger partial charge in [0.15, 0.2) is 0 Å². The Morgan fingerprint density at radius 1 is 1.33 bits per heavy atom. The van der Waals surface area contributed by atoms with Gasteiger partial charge in [-0.15, -0.1) is 0 Å². The number of aliphatic hydroxyl groups is 1. The van der Waals surface area contributed by atoms with Crippen LogP contribution in [-0.4, -0.2) is 21.5 Å². The first kappa shape index (κ1) is 12.6. The molecule has 0 fully saturated rings. The summed E-state index contributed by atoms with van der Waals surface area (Å²) in [6.45, 7) is 4.63. The SMILES string of the molecule is CCCOc1ccc(-n2ccc(C)n2)cc1CO. The van der Waals surface area contributed by atoms with Gasteiger partial charge in [-0.2, -0.15) is 5.10 Å². The van der Waals surface area contributed by atoms with E-state index in [0.717, 1.165) is 29.1 Å². The van der Waals surface area contributed by atoms with E-state index in [-0.39, 0.29) is 6.61 Å². The zero-order valence-corrected chi connectivity index (χ0v) is 10.8. The van der Waals surface area contributed by atoms with Crippen molar-refractivity contribution < 1.29 is 9.84 Å². The number of ether oxygens (including phenoxy) is 1. The second kappa shape index (κ2) is 5.69. The summed E-state index contributed by atoms with van der Waals surface area (Å²) < 4.78 is 7.37. The molecule has 0 radical (unpaired) electrons. The van der Waals surface area contributed by atoms with Crippen molar-refractivity contribution in [2.45, 2.75) is 26.9 Å². The summed E-state index contributed by atoms with van der Waals surface area (Å²) >= 11 is 0. The molecule has 18 heavy (non-hydrogen) atoms. The molecule has 1 heterocycles. The van der Waals surface area contributed by atoms with E-state index in [0.29, 0.717) is 6.61 Å². The normalized spacial score (nSPS) is 10.6. The maximum Gasteiger partial charge on any atom is 0.124 e. The Labute approximate surface area is 107 Å². The average Bonchev–Trinajstić information content (AvgIpc) is 2.83. The molecule has 96 valence electrons. The lowest BCUT2D eigenvalue weighted by atomic mass is 10.2. The molecule has 1 N–H and O–H groups in total. The summed E-state index contributed by atoms with van der Waals surface area (Å²) in [5.41, 5.74) is 2.68. The van der Waals surface area contributed by atoms with Crippen LogP contribution >= 0.6 is 0 Å². The number of hydrogen-bond acceptors (Lipinski definition) is 3. The highest BCUT2D eigenvalue weighted by Crippen LogP contribution is 2.22. The molecule has 1 aromatic carbocycles. The van der Waals surface area contributed by atoms with Gasteiger partial charge >= 0.3 is 0 Å². The molecule has 0 saturated heterocycles. The monoisotopic (exact) mass is 246 g/mol. The third-order valence-corrected chi connectivity index (χ3v) is 2.66. The minimum Gasteiger partial charge on any atom is -0.493 e. The summed E-state index contributed by atoms with van der Waals surface area (Å²) in [5, 5.41) is 13.7. The zero-order valence-electron chi connectivity index (χ0n) is 10.8. The molecule has 4 heteroatoms. The summed E-state index contributed by atoms with van der Waals surface area (Å²) in [4.78, 5) is 0. The van der Waals surface area contributed by atoms with Crippen molar-refractivity contribution in [2.75, 3.05) is 6.61 Å².